The van der Waals surface area contributed by atoms with Crippen LogP contribution in [0.4, 0.5) is 13.2 Å². The number of aromatic amines is 1. The van der Waals surface area contributed by atoms with Crippen LogP contribution in [-0.2, 0) is 6.18 Å². The molecule has 0 aliphatic heterocycles. The molecule has 0 amide bonds. The number of hydrogen-bond donors (Lipinski definition) is 2. The first kappa shape index (κ1) is 23.3. The van der Waals surface area contributed by atoms with E-state index in [4.69, 9.17) is 16.7 Å². The molecule has 9 nitrogen and oxygen atoms in total. The summed E-state index contributed by atoms with van der Waals surface area (Å²) in [5, 5.41) is 16.9. The Morgan fingerprint density at radius 3 is 2.47 bits per heavy atom. The molecule has 0 bridgehead atoms. The lowest BCUT2D eigenvalue weighted by atomic mass is 10.1. The number of carboxylic acid groups (broad SMARTS) is 1. The van der Waals surface area contributed by atoms with Gasteiger partial charge in [0, 0.05) is 6.20 Å². The molecule has 3 heterocycles. The van der Waals surface area contributed by atoms with Crippen molar-refractivity contribution < 1.29 is 23.1 Å². The third-order valence-corrected chi connectivity index (χ3v) is 4.89. The van der Waals surface area contributed by atoms with Crippen molar-refractivity contribution in [3.8, 4) is 5.95 Å². The highest BCUT2D eigenvalue weighted by Crippen LogP contribution is 2.31. The molecule has 4 aromatic rings. The molecule has 0 saturated carbocycles. The zero-order chi connectivity index (χ0) is 22.5. The van der Waals surface area contributed by atoms with E-state index in [0.717, 1.165) is 29.2 Å². The lowest BCUT2D eigenvalue weighted by Gasteiger charge is -2.15. The zero-order valence-electron chi connectivity index (χ0n) is 16.1. The fourth-order valence-corrected chi connectivity index (χ4v) is 3.25. The monoisotopic (exact) mass is 486 g/mol. The van der Waals surface area contributed by atoms with Crippen LogP contribution < -0.4 is 5.56 Å². The molecule has 0 fully saturated rings. The summed E-state index contributed by atoms with van der Waals surface area (Å²) in [6.45, 7) is 1.64. The van der Waals surface area contributed by atoms with Gasteiger partial charge in [0.25, 0.3) is 5.56 Å². The molecule has 32 heavy (non-hydrogen) atoms. The molecular formula is C18H14ClF3N6O3S. The maximum Gasteiger partial charge on any atom is 0.416 e. The number of halogens is 4. The standard InChI is InChI=1S/C18H12ClF3N6O3.H2S/c1-8(9-2-4-11(5-3-9)18(20,21)22)28-13-12(14(19)26-28)24-17(25-15(13)29)27-7-10(6-23-27)16(30)31;/h2-8H,1H3,(H,30,31)(H,24,25,29);1H2/t8-;/m0./s1. The number of aromatic nitrogens is 6. The Labute approximate surface area is 188 Å². The first-order valence-corrected chi connectivity index (χ1v) is 9.07. The van der Waals surface area contributed by atoms with Crippen LogP contribution in [0.1, 0.15) is 34.5 Å². The molecule has 14 heteroatoms. The molecule has 4 rings (SSSR count). The highest BCUT2D eigenvalue weighted by atomic mass is 35.5. The SMILES string of the molecule is C[C@@H](c1ccc(C(F)(F)F)cc1)n1nc(Cl)c2nc(-n3cc(C(=O)O)cn3)[nH]c(=O)c21.S. The van der Waals surface area contributed by atoms with E-state index in [1.165, 1.54) is 16.8 Å². The van der Waals surface area contributed by atoms with E-state index in [9.17, 15) is 22.8 Å². The Morgan fingerprint density at radius 1 is 1.25 bits per heavy atom. The number of hydrogen-bond acceptors (Lipinski definition) is 5. The molecule has 1 aromatic carbocycles. The van der Waals surface area contributed by atoms with Gasteiger partial charge in [-0.15, -0.1) is 0 Å². The molecular weight excluding hydrogens is 473 g/mol. The van der Waals surface area contributed by atoms with Gasteiger partial charge in [-0.05, 0) is 24.6 Å². The fraction of sp³-hybridized carbons (Fsp3) is 0.167. The van der Waals surface area contributed by atoms with Crippen molar-refractivity contribution in [2.24, 2.45) is 0 Å². The number of aromatic carboxylic acids is 1. The minimum absolute atomic E-state index is 0. The third kappa shape index (κ3) is 4.08. The van der Waals surface area contributed by atoms with Crippen LogP contribution >= 0.6 is 25.1 Å². The van der Waals surface area contributed by atoms with Crippen LogP contribution in [0.3, 0.4) is 0 Å². The van der Waals surface area contributed by atoms with Crippen molar-refractivity contribution in [3.63, 3.8) is 0 Å². The van der Waals surface area contributed by atoms with E-state index >= 15 is 0 Å². The minimum atomic E-state index is -4.46. The van der Waals surface area contributed by atoms with E-state index in [1.54, 1.807) is 6.92 Å². The molecule has 168 valence electrons. The molecule has 0 saturated heterocycles. The molecule has 0 unspecified atom stereocenters. The Bertz CT molecular complexity index is 1360. The third-order valence-electron chi connectivity index (χ3n) is 4.64. The van der Waals surface area contributed by atoms with Gasteiger partial charge < -0.3 is 5.11 Å². The smallest absolute Gasteiger partial charge is 0.416 e. The zero-order valence-corrected chi connectivity index (χ0v) is 17.8. The van der Waals surface area contributed by atoms with Crippen LogP contribution in [0, 0.1) is 0 Å². The van der Waals surface area contributed by atoms with Crippen molar-refractivity contribution in [1.29, 1.82) is 0 Å². The number of rotatable bonds is 4. The first-order valence-electron chi connectivity index (χ1n) is 8.70. The summed E-state index contributed by atoms with van der Waals surface area (Å²) in [6.07, 6.45) is -2.21. The van der Waals surface area contributed by atoms with E-state index in [2.05, 4.69) is 20.2 Å². The van der Waals surface area contributed by atoms with Gasteiger partial charge in [-0.25, -0.2) is 19.1 Å². The average Bonchev–Trinajstić information content (AvgIpc) is 3.33. The van der Waals surface area contributed by atoms with Crippen molar-refractivity contribution >= 4 is 42.1 Å². The molecule has 0 radical (unpaired) electrons. The number of carboxylic acids is 1. The van der Waals surface area contributed by atoms with Crippen LogP contribution in [0.25, 0.3) is 17.0 Å². The van der Waals surface area contributed by atoms with Gasteiger partial charge in [0.1, 0.15) is 5.52 Å². The Hall–Kier alpha value is -3.32. The van der Waals surface area contributed by atoms with Gasteiger partial charge >= 0.3 is 12.1 Å². The van der Waals surface area contributed by atoms with Crippen molar-refractivity contribution in [1.82, 2.24) is 29.5 Å². The van der Waals surface area contributed by atoms with E-state index in [0.29, 0.717) is 5.56 Å². The van der Waals surface area contributed by atoms with Gasteiger partial charge in [-0.3, -0.25) is 9.78 Å². The summed E-state index contributed by atoms with van der Waals surface area (Å²) < 4.78 is 40.7. The van der Waals surface area contributed by atoms with Crippen LogP contribution in [0.15, 0.2) is 41.5 Å². The second kappa shape index (κ2) is 8.31. The van der Waals surface area contributed by atoms with Crippen LogP contribution in [-0.4, -0.2) is 40.6 Å². The van der Waals surface area contributed by atoms with Gasteiger partial charge in [-0.1, -0.05) is 23.7 Å². The molecule has 3 aromatic heterocycles. The Kier molecular flexibility index (Phi) is 6.07. The number of carbonyl (C=O) groups is 1. The average molecular weight is 487 g/mol. The maximum absolute atomic E-state index is 12.8. The largest absolute Gasteiger partial charge is 0.478 e. The van der Waals surface area contributed by atoms with E-state index in [-0.39, 0.29) is 41.2 Å². The molecule has 0 spiro atoms. The lowest BCUT2D eigenvalue weighted by Crippen LogP contribution is -2.19. The highest BCUT2D eigenvalue weighted by Gasteiger charge is 2.30. The summed E-state index contributed by atoms with van der Waals surface area (Å²) in [7, 11) is 0. The fourth-order valence-electron chi connectivity index (χ4n) is 3.03. The molecule has 1 atom stereocenters. The van der Waals surface area contributed by atoms with Crippen LogP contribution in [0.5, 0.6) is 0 Å². The van der Waals surface area contributed by atoms with Gasteiger partial charge in [0.15, 0.2) is 10.7 Å². The van der Waals surface area contributed by atoms with Gasteiger partial charge in [0.2, 0.25) is 5.95 Å². The van der Waals surface area contributed by atoms with E-state index < -0.39 is 29.3 Å². The number of benzene rings is 1. The molecule has 2 N–H and O–H groups in total. The number of fused-ring (bicyclic) bond motifs is 1. The Balaban J connectivity index is 0.00000289. The van der Waals surface area contributed by atoms with Crippen molar-refractivity contribution in [2.45, 2.75) is 19.1 Å². The van der Waals surface area contributed by atoms with E-state index in [1.807, 2.05) is 0 Å². The highest BCUT2D eigenvalue weighted by molar-refractivity contribution is 7.59. The summed E-state index contributed by atoms with van der Waals surface area (Å²) in [5.41, 5.74) is -1.03. The maximum atomic E-state index is 12.8. The quantitative estimate of drug-likeness (QED) is 0.456. The summed E-state index contributed by atoms with van der Waals surface area (Å²) >= 11 is 6.16. The van der Waals surface area contributed by atoms with Gasteiger partial charge in [0.05, 0.1) is 23.4 Å². The number of alkyl halides is 3. The molecule has 0 aliphatic rings. The first-order chi connectivity index (χ1) is 14.6. The van der Waals surface area contributed by atoms with Crippen molar-refractivity contribution in [2.75, 3.05) is 0 Å². The van der Waals surface area contributed by atoms with Gasteiger partial charge in [-0.2, -0.15) is 36.9 Å². The Morgan fingerprint density at radius 2 is 1.91 bits per heavy atom. The number of nitrogens with one attached hydrogen (secondary N) is 1. The second-order valence-electron chi connectivity index (χ2n) is 6.60. The van der Waals surface area contributed by atoms with Crippen molar-refractivity contribution in [3.05, 3.63) is 68.9 Å². The summed E-state index contributed by atoms with van der Waals surface area (Å²) in [6, 6.07) is 3.84. The lowest BCUT2D eigenvalue weighted by molar-refractivity contribution is -0.137. The topological polar surface area (TPSA) is 119 Å². The van der Waals surface area contributed by atoms with Crippen LogP contribution in [0.2, 0.25) is 5.15 Å². The minimum Gasteiger partial charge on any atom is -0.478 e. The second-order valence-corrected chi connectivity index (χ2v) is 6.95. The summed E-state index contributed by atoms with van der Waals surface area (Å²) in [5.74, 6) is -1.28. The normalized spacial score (nSPS) is 12.5. The summed E-state index contributed by atoms with van der Waals surface area (Å²) in [4.78, 5) is 30.5. The molecule has 0 aliphatic carbocycles. The predicted octanol–water partition coefficient (Wildman–Crippen LogP) is 3.40. The number of nitrogens with zero attached hydrogens (tertiary/aromatic N) is 5. The predicted molar refractivity (Wildman–Crippen MR) is 113 cm³/mol. The number of H-pyrrole nitrogens is 1.